The van der Waals surface area contributed by atoms with Crippen LogP contribution in [0.25, 0.3) is 110 Å². The highest BCUT2D eigenvalue weighted by molar-refractivity contribution is 6.27. The molecule has 0 radical (unpaired) electrons. The fourth-order valence-electron chi connectivity index (χ4n) is 9.05. The van der Waals surface area contributed by atoms with Gasteiger partial charge in [-0.1, -0.05) is 164 Å². The zero-order valence-corrected chi connectivity index (χ0v) is 29.8. The molecule has 2 nitrogen and oxygen atoms in total. The van der Waals surface area contributed by atoms with E-state index in [2.05, 4.69) is 176 Å². The van der Waals surface area contributed by atoms with E-state index < -0.39 is 0 Å². The molecule has 11 rings (SSSR count). The summed E-state index contributed by atoms with van der Waals surface area (Å²) in [5.41, 5.74) is 11.5. The van der Waals surface area contributed by atoms with Crippen LogP contribution >= 0.6 is 0 Å². The first kappa shape index (κ1) is 31.1. The van der Waals surface area contributed by atoms with E-state index in [0.29, 0.717) is 5.56 Å². The summed E-state index contributed by atoms with van der Waals surface area (Å²) in [7, 11) is 0. The third-order valence-corrected chi connectivity index (χ3v) is 11.3. The summed E-state index contributed by atoms with van der Waals surface area (Å²) in [5, 5.41) is 21.7. The zero-order chi connectivity index (χ0) is 36.5. The Labute approximate surface area is 317 Å². The molecule has 0 spiro atoms. The first-order valence-corrected chi connectivity index (χ1v) is 18.7. The number of furan rings is 1. The van der Waals surface area contributed by atoms with E-state index in [1.807, 2.05) is 18.2 Å². The molecule has 11 aromatic rings. The van der Waals surface area contributed by atoms with Crippen LogP contribution in [0.15, 0.2) is 192 Å². The van der Waals surface area contributed by atoms with Gasteiger partial charge in [0.05, 0.1) is 11.6 Å². The molecule has 1 heterocycles. The molecule has 0 unspecified atom stereocenters. The van der Waals surface area contributed by atoms with Crippen LogP contribution in [0.5, 0.6) is 0 Å². The summed E-state index contributed by atoms with van der Waals surface area (Å²) in [5.74, 6) is 0. The van der Waals surface area contributed by atoms with Crippen molar-refractivity contribution in [3.8, 4) is 50.6 Å². The molecule has 0 atom stereocenters. The summed E-state index contributed by atoms with van der Waals surface area (Å²) < 4.78 is 6.67. The van der Waals surface area contributed by atoms with Crippen LogP contribution < -0.4 is 0 Å². The standard InChI is InChI=1S/C53H31NO/c54-32-35-17-4-5-18-36(35)51-41-23-10-12-25-43(41)52(44-26-13-11-24-42(44)51)45-27-14-28-48-53(45)46-31-34(29-30-47(46)55-48)50-39-21-8-6-19-37(39)49(33-15-2-1-3-16-33)38-20-7-9-22-40(38)50/h1-31H. The minimum absolute atomic E-state index is 0.665. The highest BCUT2D eigenvalue weighted by Crippen LogP contribution is 2.49. The van der Waals surface area contributed by atoms with Crippen molar-refractivity contribution in [3.05, 3.63) is 194 Å². The van der Waals surface area contributed by atoms with Gasteiger partial charge in [0.25, 0.3) is 0 Å². The summed E-state index contributed by atoms with van der Waals surface area (Å²) in [6.45, 7) is 0. The van der Waals surface area contributed by atoms with Gasteiger partial charge in [-0.15, -0.1) is 0 Å². The Morgan fingerprint density at radius 2 is 0.782 bits per heavy atom. The van der Waals surface area contributed by atoms with Crippen molar-refractivity contribution in [2.45, 2.75) is 0 Å². The van der Waals surface area contributed by atoms with Gasteiger partial charge in [0.15, 0.2) is 0 Å². The average Bonchev–Trinajstić information content (AvgIpc) is 3.63. The number of hydrogen-bond acceptors (Lipinski definition) is 2. The molecule has 10 aromatic carbocycles. The highest BCUT2D eigenvalue weighted by Gasteiger charge is 2.22. The van der Waals surface area contributed by atoms with Crippen LogP contribution in [0, 0.1) is 11.3 Å². The van der Waals surface area contributed by atoms with Gasteiger partial charge in [-0.3, -0.25) is 0 Å². The van der Waals surface area contributed by atoms with Crippen LogP contribution in [0.2, 0.25) is 0 Å². The van der Waals surface area contributed by atoms with Crippen molar-refractivity contribution < 1.29 is 4.42 Å². The van der Waals surface area contributed by atoms with E-state index in [9.17, 15) is 5.26 Å². The molecule has 0 N–H and O–H groups in total. The van der Waals surface area contributed by atoms with Gasteiger partial charge in [-0.2, -0.15) is 5.26 Å². The maximum atomic E-state index is 10.2. The topological polar surface area (TPSA) is 36.9 Å². The SMILES string of the molecule is N#Cc1ccccc1-c1c2ccccc2c(-c2cccc3oc4ccc(-c5c6ccccc6c(-c6ccccc6)c6ccccc56)cc4c23)c2ccccc12. The molecule has 0 aliphatic rings. The van der Waals surface area contributed by atoms with E-state index in [4.69, 9.17) is 4.42 Å². The molecule has 0 aliphatic carbocycles. The van der Waals surface area contributed by atoms with Gasteiger partial charge in [-0.05, 0) is 106 Å². The molecule has 0 amide bonds. The molecular weight excluding hydrogens is 667 g/mol. The lowest BCUT2D eigenvalue weighted by Crippen LogP contribution is -1.93. The summed E-state index contributed by atoms with van der Waals surface area (Å²) >= 11 is 0. The monoisotopic (exact) mass is 697 g/mol. The highest BCUT2D eigenvalue weighted by atomic mass is 16.3. The Balaban J connectivity index is 1.23. The smallest absolute Gasteiger partial charge is 0.136 e. The normalized spacial score (nSPS) is 11.6. The lowest BCUT2D eigenvalue weighted by Gasteiger charge is -2.19. The van der Waals surface area contributed by atoms with Crippen molar-refractivity contribution >= 4 is 65.0 Å². The van der Waals surface area contributed by atoms with Crippen molar-refractivity contribution in [2.75, 3.05) is 0 Å². The van der Waals surface area contributed by atoms with Gasteiger partial charge >= 0.3 is 0 Å². The van der Waals surface area contributed by atoms with E-state index >= 15 is 0 Å². The van der Waals surface area contributed by atoms with Crippen molar-refractivity contribution in [3.63, 3.8) is 0 Å². The maximum absolute atomic E-state index is 10.2. The molecule has 0 fully saturated rings. The molecular formula is C53H31NO. The van der Waals surface area contributed by atoms with E-state index in [1.165, 1.54) is 38.2 Å². The van der Waals surface area contributed by atoms with Gasteiger partial charge in [0.1, 0.15) is 11.2 Å². The number of benzene rings is 10. The first-order valence-electron chi connectivity index (χ1n) is 18.7. The van der Waals surface area contributed by atoms with Crippen LogP contribution in [0.4, 0.5) is 0 Å². The predicted molar refractivity (Wildman–Crippen MR) is 230 cm³/mol. The summed E-state index contributed by atoms with van der Waals surface area (Å²) in [4.78, 5) is 0. The fraction of sp³-hybridized carbons (Fsp3) is 0. The average molecular weight is 698 g/mol. The molecule has 0 saturated carbocycles. The van der Waals surface area contributed by atoms with Crippen LogP contribution in [-0.4, -0.2) is 0 Å². The van der Waals surface area contributed by atoms with Crippen LogP contribution in [0.1, 0.15) is 5.56 Å². The van der Waals surface area contributed by atoms with Gasteiger partial charge in [0.2, 0.25) is 0 Å². The number of fused-ring (bicyclic) bond motifs is 7. The molecule has 0 saturated heterocycles. The second kappa shape index (κ2) is 12.3. The molecule has 2 heteroatoms. The lowest BCUT2D eigenvalue weighted by molar-refractivity contribution is 0.669. The summed E-state index contributed by atoms with van der Waals surface area (Å²) in [6.07, 6.45) is 0. The molecule has 0 bridgehead atoms. The Kier molecular flexibility index (Phi) is 6.96. The largest absolute Gasteiger partial charge is 0.456 e. The molecule has 254 valence electrons. The Morgan fingerprint density at radius 3 is 1.35 bits per heavy atom. The quantitative estimate of drug-likeness (QED) is 0.172. The number of nitrogens with zero attached hydrogens (tertiary/aromatic N) is 1. The zero-order valence-electron chi connectivity index (χ0n) is 29.8. The van der Waals surface area contributed by atoms with Gasteiger partial charge < -0.3 is 4.42 Å². The van der Waals surface area contributed by atoms with Gasteiger partial charge in [-0.25, -0.2) is 0 Å². The number of nitriles is 1. The van der Waals surface area contributed by atoms with Crippen LogP contribution in [-0.2, 0) is 0 Å². The Morgan fingerprint density at radius 1 is 0.327 bits per heavy atom. The predicted octanol–water partition coefficient (Wildman–Crippen LogP) is 14.7. The van der Waals surface area contributed by atoms with E-state index in [0.717, 1.165) is 71.3 Å². The fourth-order valence-corrected chi connectivity index (χ4v) is 9.05. The van der Waals surface area contributed by atoms with Crippen LogP contribution in [0.3, 0.4) is 0 Å². The first-order chi connectivity index (χ1) is 27.3. The second-order valence-corrected chi connectivity index (χ2v) is 14.2. The van der Waals surface area contributed by atoms with Crippen molar-refractivity contribution in [1.82, 2.24) is 0 Å². The Hall–Kier alpha value is -7.47. The minimum Gasteiger partial charge on any atom is -0.456 e. The van der Waals surface area contributed by atoms with E-state index in [1.54, 1.807) is 0 Å². The molecule has 0 aliphatic heterocycles. The molecule has 55 heavy (non-hydrogen) atoms. The van der Waals surface area contributed by atoms with Gasteiger partial charge in [0, 0.05) is 16.3 Å². The third kappa shape index (κ3) is 4.67. The second-order valence-electron chi connectivity index (χ2n) is 14.2. The lowest BCUT2D eigenvalue weighted by atomic mass is 9.83. The number of rotatable bonds is 4. The Bertz CT molecular complexity index is 3270. The third-order valence-electron chi connectivity index (χ3n) is 11.3. The molecule has 1 aromatic heterocycles. The van der Waals surface area contributed by atoms with Crippen molar-refractivity contribution in [2.24, 2.45) is 0 Å². The van der Waals surface area contributed by atoms with Crippen molar-refractivity contribution in [1.29, 1.82) is 5.26 Å². The minimum atomic E-state index is 0.665. The maximum Gasteiger partial charge on any atom is 0.136 e. The number of hydrogen-bond donors (Lipinski definition) is 0. The summed E-state index contributed by atoms with van der Waals surface area (Å²) in [6, 6.07) is 69.1. The van der Waals surface area contributed by atoms with E-state index in [-0.39, 0.29) is 0 Å².